The summed E-state index contributed by atoms with van der Waals surface area (Å²) in [6, 6.07) is 11.3. The Morgan fingerprint density at radius 2 is 2.04 bits per heavy atom. The summed E-state index contributed by atoms with van der Waals surface area (Å²) in [5.74, 6) is 1.12. The van der Waals surface area contributed by atoms with Crippen LogP contribution in [0.5, 0.6) is 0 Å². The van der Waals surface area contributed by atoms with Gasteiger partial charge in [0, 0.05) is 23.7 Å². The first-order valence-corrected chi connectivity index (χ1v) is 7.66. The van der Waals surface area contributed by atoms with E-state index in [0.717, 1.165) is 22.2 Å². The van der Waals surface area contributed by atoms with Crippen molar-refractivity contribution >= 4 is 39.8 Å². The lowest BCUT2D eigenvalue weighted by molar-refractivity contribution is 0.778. The topological polar surface area (TPSA) is 97.4 Å². The maximum absolute atomic E-state index is 6.43. The number of hydrogen-bond acceptors (Lipinski definition) is 5. The molecule has 0 aliphatic carbocycles. The van der Waals surface area contributed by atoms with Crippen molar-refractivity contribution in [3.05, 3.63) is 47.6 Å². The van der Waals surface area contributed by atoms with Gasteiger partial charge in [-0.25, -0.2) is 4.68 Å². The first kappa shape index (κ1) is 14.5. The van der Waals surface area contributed by atoms with Crippen molar-refractivity contribution in [3.63, 3.8) is 0 Å². The summed E-state index contributed by atoms with van der Waals surface area (Å²) in [5.41, 5.74) is 9.03. The Balaban J connectivity index is 1.72. The summed E-state index contributed by atoms with van der Waals surface area (Å²) < 4.78 is 1.65. The number of aromatic amines is 1. The number of nitrogen functional groups attached to an aromatic ring is 1. The predicted molar refractivity (Wildman–Crippen MR) is 95.2 cm³/mol. The Labute approximate surface area is 142 Å². The van der Waals surface area contributed by atoms with Crippen LogP contribution < -0.4 is 11.1 Å². The fourth-order valence-electron chi connectivity index (χ4n) is 2.51. The van der Waals surface area contributed by atoms with Gasteiger partial charge in [0.1, 0.15) is 0 Å². The third-order valence-corrected chi connectivity index (χ3v) is 4.18. The molecular weight excluding hydrogens is 326 g/mol. The maximum atomic E-state index is 6.43. The summed E-state index contributed by atoms with van der Waals surface area (Å²) in [6.45, 7) is 0. The van der Waals surface area contributed by atoms with E-state index in [1.54, 1.807) is 10.9 Å². The molecule has 0 amide bonds. The zero-order chi connectivity index (χ0) is 16.7. The number of para-hydroxylation sites is 1. The van der Waals surface area contributed by atoms with Crippen LogP contribution in [0, 0.1) is 0 Å². The molecule has 0 fully saturated rings. The minimum Gasteiger partial charge on any atom is -0.398 e. The minimum absolute atomic E-state index is 0.554. The van der Waals surface area contributed by atoms with E-state index in [0.29, 0.717) is 22.5 Å². The molecule has 4 N–H and O–H groups in total. The Kier molecular flexibility index (Phi) is 3.35. The third-order valence-electron chi connectivity index (χ3n) is 3.77. The number of aryl methyl sites for hydroxylation is 1. The van der Waals surface area contributed by atoms with Gasteiger partial charge in [-0.15, -0.1) is 5.10 Å². The van der Waals surface area contributed by atoms with Crippen LogP contribution in [-0.2, 0) is 7.05 Å². The van der Waals surface area contributed by atoms with Crippen molar-refractivity contribution in [2.75, 3.05) is 11.1 Å². The Morgan fingerprint density at radius 1 is 1.21 bits per heavy atom. The van der Waals surface area contributed by atoms with Gasteiger partial charge in [0.2, 0.25) is 5.95 Å². The smallest absolute Gasteiger partial charge is 0.225 e. The average Bonchev–Trinajstić information content (AvgIpc) is 3.18. The minimum atomic E-state index is 0.554. The molecule has 0 saturated carbocycles. The highest BCUT2D eigenvalue weighted by Gasteiger charge is 2.14. The largest absolute Gasteiger partial charge is 0.398 e. The number of anilines is 3. The highest BCUT2D eigenvalue weighted by Crippen LogP contribution is 2.32. The molecule has 2 heterocycles. The second-order valence-electron chi connectivity index (χ2n) is 5.35. The number of hydrogen-bond donors (Lipinski definition) is 3. The van der Waals surface area contributed by atoms with Gasteiger partial charge in [-0.1, -0.05) is 23.7 Å². The van der Waals surface area contributed by atoms with Gasteiger partial charge in [-0.2, -0.15) is 10.1 Å². The Hall–Kier alpha value is -3.06. The molecule has 0 spiro atoms. The van der Waals surface area contributed by atoms with Crippen LogP contribution in [0.25, 0.3) is 22.3 Å². The maximum Gasteiger partial charge on any atom is 0.225 e. The lowest BCUT2D eigenvalue weighted by Crippen LogP contribution is -2.00. The van der Waals surface area contributed by atoms with E-state index in [2.05, 4.69) is 25.6 Å². The number of halogens is 1. The SMILES string of the molecule is Cn1nc(-c2ccccc2N)nc1Nc1ccc2[nH]ncc2c1Cl. The van der Waals surface area contributed by atoms with Gasteiger partial charge in [-0.3, -0.25) is 5.10 Å². The molecule has 0 bridgehead atoms. The number of benzene rings is 2. The third kappa shape index (κ3) is 2.35. The number of rotatable bonds is 3. The van der Waals surface area contributed by atoms with Crippen LogP contribution in [0.4, 0.5) is 17.3 Å². The fraction of sp³-hybridized carbons (Fsp3) is 0.0625. The van der Waals surface area contributed by atoms with Crippen LogP contribution in [0.3, 0.4) is 0 Å². The van der Waals surface area contributed by atoms with Crippen LogP contribution >= 0.6 is 11.6 Å². The van der Waals surface area contributed by atoms with E-state index >= 15 is 0 Å². The van der Waals surface area contributed by atoms with E-state index in [-0.39, 0.29) is 0 Å². The van der Waals surface area contributed by atoms with E-state index in [1.807, 2.05) is 43.4 Å². The van der Waals surface area contributed by atoms with E-state index in [4.69, 9.17) is 17.3 Å². The number of nitrogens with two attached hydrogens (primary N) is 1. The van der Waals surface area contributed by atoms with Gasteiger partial charge in [0.05, 0.1) is 22.4 Å². The molecule has 2 aromatic carbocycles. The van der Waals surface area contributed by atoms with Crippen molar-refractivity contribution in [1.82, 2.24) is 25.0 Å². The molecule has 24 heavy (non-hydrogen) atoms. The van der Waals surface area contributed by atoms with Gasteiger partial charge in [0.15, 0.2) is 5.82 Å². The summed E-state index contributed by atoms with van der Waals surface area (Å²) in [7, 11) is 1.81. The van der Waals surface area contributed by atoms with Gasteiger partial charge < -0.3 is 11.1 Å². The number of nitrogens with zero attached hydrogens (tertiary/aromatic N) is 4. The van der Waals surface area contributed by atoms with Crippen molar-refractivity contribution in [2.45, 2.75) is 0 Å². The molecule has 120 valence electrons. The molecule has 0 aliphatic heterocycles. The van der Waals surface area contributed by atoms with Crippen LogP contribution in [0.15, 0.2) is 42.6 Å². The lowest BCUT2D eigenvalue weighted by Gasteiger charge is -2.07. The monoisotopic (exact) mass is 339 g/mol. The number of H-pyrrole nitrogens is 1. The van der Waals surface area contributed by atoms with Gasteiger partial charge >= 0.3 is 0 Å². The average molecular weight is 340 g/mol. The fourth-order valence-corrected chi connectivity index (χ4v) is 2.77. The summed E-state index contributed by atoms with van der Waals surface area (Å²) in [4.78, 5) is 4.52. The number of aromatic nitrogens is 5. The molecule has 0 saturated heterocycles. The van der Waals surface area contributed by atoms with Crippen LogP contribution in [0.2, 0.25) is 5.02 Å². The molecule has 0 aliphatic rings. The molecular formula is C16H14ClN7. The molecule has 0 radical (unpaired) electrons. The van der Waals surface area contributed by atoms with E-state index < -0.39 is 0 Å². The molecule has 4 aromatic rings. The van der Waals surface area contributed by atoms with Gasteiger partial charge in [-0.05, 0) is 24.3 Å². The first-order chi connectivity index (χ1) is 11.6. The van der Waals surface area contributed by atoms with Crippen molar-refractivity contribution < 1.29 is 0 Å². The standard InChI is InChI=1S/C16H14ClN7/c1-24-16(21-15(23-24)9-4-2-3-5-11(9)18)20-13-7-6-12-10(14(13)17)8-19-22-12/h2-8H,18H2,1H3,(H,19,22)(H,20,21,23). The quantitative estimate of drug-likeness (QED) is 0.497. The second kappa shape index (κ2) is 5.54. The van der Waals surface area contributed by atoms with Crippen LogP contribution in [-0.4, -0.2) is 25.0 Å². The van der Waals surface area contributed by atoms with Gasteiger partial charge in [0.25, 0.3) is 0 Å². The molecule has 4 rings (SSSR count). The molecule has 0 unspecified atom stereocenters. The van der Waals surface area contributed by atoms with Crippen LogP contribution in [0.1, 0.15) is 0 Å². The Bertz CT molecular complexity index is 1030. The van der Waals surface area contributed by atoms with Crippen molar-refractivity contribution in [1.29, 1.82) is 0 Å². The Morgan fingerprint density at radius 3 is 2.88 bits per heavy atom. The summed E-state index contributed by atoms with van der Waals surface area (Å²) >= 11 is 6.43. The molecule has 8 heteroatoms. The summed E-state index contributed by atoms with van der Waals surface area (Å²) in [5, 5.41) is 15.9. The zero-order valence-corrected chi connectivity index (χ0v) is 13.5. The second-order valence-corrected chi connectivity index (χ2v) is 5.73. The number of fused-ring (bicyclic) bond motifs is 1. The zero-order valence-electron chi connectivity index (χ0n) is 12.8. The highest BCUT2D eigenvalue weighted by molar-refractivity contribution is 6.38. The first-order valence-electron chi connectivity index (χ1n) is 7.28. The van der Waals surface area contributed by atoms with E-state index in [1.165, 1.54) is 0 Å². The lowest BCUT2D eigenvalue weighted by atomic mass is 10.2. The van der Waals surface area contributed by atoms with Crippen molar-refractivity contribution in [2.24, 2.45) is 7.05 Å². The number of nitrogens with one attached hydrogen (secondary N) is 2. The summed E-state index contributed by atoms with van der Waals surface area (Å²) in [6.07, 6.45) is 1.69. The molecule has 2 aromatic heterocycles. The van der Waals surface area contributed by atoms with Crippen molar-refractivity contribution in [3.8, 4) is 11.4 Å². The molecule has 7 nitrogen and oxygen atoms in total. The molecule has 0 atom stereocenters. The highest BCUT2D eigenvalue weighted by atomic mass is 35.5. The predicted octanol–water partition coefficient (Wildman–Crippen LogP) is 3.34. The normalized spacial score (nSPS) is 11.1. The van der Waals surface area contributed by atoms with E-state index in [9.17, 15) is 0 Å².